The van der Waals surface area contributed by atoms with E-state index in [0.29, 0.717) is 19.7 Å². The Kier molecular flexibility index (Phi) is 4.76. The summed E-state index contributed by atoms with van der Waals surface area (Å²) in [6.45, 7) is 1.60. The predicted octanol–water partition coefficient (Wildman–Crippen LogP) is 0.950. The number of carbonyl (C=O) groups is 1. The highest BCUT2D eigenvalue weighted by molar-refractivity contribution is 5.97. The van der Waals surface area contributed by atoms with Crippen LogP contribution in [-0.2, 0) is 16.0 Å². The summed E-state index contributed by atoms with van der Waals surface area (Å²) in [7, 11) is 1.62. The highest BCUT2D eigenvalue weighted by atomic mass is 16.5. The van der Waals surface area contributed by atoms with Crippen LogP contribution in [0.1, 0.15) is 12.0 Å². The number of hydrogen-bond acceptors (Lipinski definition) is 4. The third-order valence-electron chi connectivity index (χ3n) is 3.19. The molecule has 1 aliphatic rings. The SMILES string of the molecule is COc1cccc2c1N(C(=O)COCCN)CCC2. The standard InChI is InChI=1S/C14H20N2O3/c1-18-12-6-2-4-11-5-3-8-16(14(11)12)13(17)10-19-9-7-15/h2,4,6H,3,5,7-10,15H2,1H3. The fraction of sp³-hybridized carbons (Fsp3) is 0.500. The largest absolute Gasteiger partial charge is 0.495 e. The van der Waals surface area contributed by atoms with Crippen molar-refractivity contribution in [2.24, 2.45) is 5.73 Å². The minimum absolute atomic E-state index is 0.0427. The molecule has 0 saturated carbocycles. The highest BCUT2D eigenvalue weighted by Gasteiger charge is 2.25. The number of hydrogen-bond donors (Lipinski definition) is 1. The number of fused-ring (bicyclic) bond motifs is 1. The van der Waals surface area contributed by atoms with E-state index in [1.54, 1.807) is 12.0 Å². The second kappa shape index (κ2) is 6.54. The molecule has 5 nitrogen and oxygen atoms in total. The lowest BCUT2D eigenvalue weighted by atomic mass is 10.0. The number of nitrogens with two attached hydrogens (primary N) is 1. The van der Waals surface area contributed by atoms with Crippen molar-refractivity contribution in [3.05, 3.63) is 23.8 Å². The summed E-state index contributed by atoms with van der Waals surface area (Å²) in [4.78, 5) is 14.0. The first-order chi connectivity index (χ1) is 9.27. The van der Waals surface area contributed by atoms with E-state index in [0.717, 1.165) is 29.8 Å². The first kappa shape index (κ1) is 13.8. The number of rotatable bonds is 5. The van der Waals surface area contributed by atoms with Gasteiger partial charge in [0.25, 0.3) is 5.91 Å². The van der Waals surface area contributed by atoms with E-state index in [1.807, 2.05) is 18.2 Å². The van der Waals surface area contributed by atoms with Crippen molar-refractivity contribution in [1.29, 1.82) is 0 Å². The smallest absolute Gasteiger partial charge is 0.253 e. The lowest BCUT2D eigenvalue weighted by molar-refractivity contribution is -0.123. The second-order valence-corrected chi connectivity index (χ2v) is 4.46. The molecule has 19 heavy (non-hydrogen) atoms. The molecule has 1 aliphatic heterocycles. The molecule has 1 heterocycles. The van der Waals surface area contributed by atoms with Gasteiger partial charge < -0.3 is 20.1 Å². The van der Waals surface area contributed by atoms with Crippen LogP contribution in [0.5, 0.6) is 5.75 Å². The number of carbonyl (C=O) groups excluding carboxylic acids is 1. The van der Waals surface area contributed by atoms with E-state index in [4.69, 9.17) is 15.2 Å². The molecule has 0 radical (unpaired) electrons. The number of para-hydroxylation sites is 1. The zero-order chi connectivity index (χ0) is 13.7. The summed E-state index contributed by atoms with van der Waals surface area (Å²) in [5.41, 5.74) is 7.38. The molecule has 1 aromatic rings. The molecule has 5 heteroatoms. The minimum atomic E-state index is -0.0427. The Labute approximate surface area is 113 Å². The third-order valence-corrected chi connectivity index (χ3v) is 3.19. The van der Waals surface area contributed by atoms with Gasteiger partial charge in [0, 0.05) is 13.1 Å². The summed E-state index contributed by atoms with van der Waals surface area (Å²) in [5, 5.41) is 0. The van der Waals surface area contributed by atoms with Crippen LogP contribution < -0.4 is 15.4 Å². The van der Waals surface area contributed by atoms with Crippen molar-refractivity contribution in [3.63, 3.8) is 0 Å². The van der Waals surface area contributed by atoms with E-state index >= 15 is 0 Å². The van der Waals surface area contributed by atoms with Gasteiger partial charge in [-0.15, -0.1) is 0 Å². The zero-order valence-corrected chi connectivity index (χ0v) is 11.2. The van der Waals surface area contributed by atoms with Crippen molar-refractivity contribution >= 4 is 11.6 Å². The van der Waals surface area contributed by atoms with Gasteiger partial charge in [0.1, 0.15) is 12.4 Å². The van der Waals surface area contributed by atoms with Crippen molar-refractivity contribution in [2.45, 2.75) is 12.8 Å². The number of amides is 1. The Balaban J connectivity index is 2.18. The average molecular weight is 264 g/mol. The third kappa shape index (κ3) is 3.05. The summed E-state index contributed by atoms with van der Waals surface area (Å²) in [6, 6.07) is 5.87. The molecule has 2 rings (SSSR count). The van der Waals surface area contributed by atoms with Crippen LogP contribution in [0.4, 0.5) is 5.69 Å². The van der Waals surface area contributed by atoms with Crippen LogP contribution in [0.3, 0.4) is 0 Å². The van der Waals surface area contributed by atoms with Crippen LogP contribution >= 0.6 is 0 Å². The minimum Gasteiger partial charge on any atom is -0.495 e. The van der Waals surface area contributed by atoms with Crippen LogP contribution in [0, 0.1) is 0 Å². The van der Waals surface area contributed by atoms with Gasteiger partial charge in [-0.2, -0.15) is 0 Å². The van der Waals surface area contributed by atoms with Crippen LogP contribution in [0.2, 0.25) is 0 Å². The van der Waals surface area contributed by atoms with E-state index < -0.39 is 0 Å². The number of benzene rings is 1. The summed E-state index contributed by atoms with van der Waals surface area (Å²) in [5.74, 6) is 0.697. The lowest BCUT2D eigenvalue weighted by Crippen LogP contribution is -2.38. The molecule has 1 amide bonds. The Morgan fingerprint density at radius 1 is 1.47 bits per heavy atom. The molecular weight excluding hydrogens is 244 g/mol. The highest BCUT2D eigenvalue weighted by Crippen LogP contribution is 2.36. The van der Waals surface area contributed by atoms with Crippen molar-refractivity contribution in [1.82, 2.24) is 0 Å². The molecule has 0 aliphatic carbocycles. The van der Waals surface area contributed by atoms with Crippen LogP contribution in [0.15, 0.2) is 18.2 Å². The summed E-state index contributed by atoms with van der Waals surface area (Å²) in [6.07, 6.45) is 1.93. The summed E-state index contributed by atoms with van der Waals surface area (Å²) >= 11 is 0. The Morgan fingerprint density at radius 2 is 2.32 bits per heavy atom. The van der Waals surface area contributed by atoms with Crippen molar-refractivity contribution in [2.75, 3.05) is 38.3 Å². The van der Waals surface area contributed by atoms with E-state index in [-0.39, 0.29) is 12.5 Å². The van der Waals surface area contributed by atoms with Gasteiger partial charge in [0.2, 0.25) is 0 Å². The molecule has 0 unspecified atom stereocenters. The Hall–Kier alpha value is -1.59. The van der Waals surface area contributed by atoms with Crippen molar-refractivity contribution < 1.29 is 14.3 Å². The van der Waals surface area contributed by atoms with E-state index in [1.165, 1.54) is 0 Å². The molecule has 0 aromatic heterocycles. The van der Waals surface area contributed by atoms with Crippen LogP contribution in [-0.4, -0.2) is 39.3 Å². The van der Waals surface area contributed by atoms with Gasteiger partial charge in [-0.1, -0.05) is 12.1 Å². The summed E-state index contributed by atoms with van der Waals surface area (Å²) < 4.78 is 10.6. The number of aryl methyl sites for hydroxylation is 1. The molecule has 104 valence electrons. The number of anilines is 1. The van der Waals surface area contributed by atoms with Gasteiger partial charge in [-0.3, -0.25) is 4.79 Å². The second-order valence-electron chi connectivity index (χ2n) is 4.46. The fourth-order valence-electron chi connectivity index (χ4n) is 2.35. The Morgan fingerprint density at radius 3 is 3.05 bits per heavy atom. The number of nitrogens with zero attached hydrogens (tertiary/aromatic N) is 1. The predicted molar refractivity (Wildman–Crippen MR) is 73.5 cm³/mol. The number of ether oxygens (including phenoxy) is 2. The quantitative estimate of drug-likeness (QED) is 0.804. The van der Waals surface area contributed by atoms with E-state index in [9.17, 15) is 4.79 Å². The maximum atomic E-state index is 12.2. The van der Waals surface area contributed by atoms with Crippen molar-refractivity contribution in [3.8, 4) is 5.75 Å². The molecule has 1 aromatic carbocycles. The maximum Gasteiger partial charge on any atom is 0.253 e. The first-order valence-electron chi connectivity index (χ1n) is 6.52. The fourth-order valence-corrected chi connectivity index (χ4v) is 2.35. The van der Waals surface area contributed by atoms with Gasteiger partial charge in [-0.05, 0) is 24.5 Å². The number of methoxy groups -OCH3 is 1. The van der Waals surface area contributed by atoms with E-state index in [2.05, 4.69) is 0 Å². The lowest BCUT2D eigenvalue weighted by Gasteiger charge is -2.30. The monoisotopic (exact) mass is 264 g/mol. The zero-order valence-electron chi connectivity index (χ0n) is 11.2. The molecule has 0 atom stereocenters. The Bertz CT molecular complexity index is 434. The van der Waals surface area contributed by atoms with Gasteiger partial charge in [0.15, 0.2) is 0 Å². The molecule has 0 spiro atoms. The average Bonchev–Trinajstić information content (AvgIpc) is 2.46. The first-order valence-corrected chi connectivity index (χ1v) is 6.52. The maximum absolute atomic E-state index is 12.2. The molecular formula is C14H20N2O3. The van der Waals surface area contributed by atoms with Gasteiger partial charge in [0.05, 0.1) is 19.4 Å². The topological polar surface area (TPSA) is 64.8 Å². The normalized spacial score (nSPS) is 14.1. The molecule has 0 fully saturated rings. The van der Waals surface area contributed by atoms with Gasteiger partial charge in [-0.25, -0.2) is 0 Å². The van der Waals surface area contributed by atoms with Crippen LogP contribution in [0.25, 0.3) is 0 Å². The molecule has 2 N–H and O–H groups in total. The molecule has 0 bridgehead atoms. The van der Waals surface area contributed by atoms with Gasteiger partial charge >= 0.3 is 0 Å². The molecule has 0 saturated heterocycles.